The van der Waals surface area contributed by atoms with E-state index in [1.54, 1.807) is 44.2 Å². The van der Waals surface area contributed by atoms with Crippen molar-refractivity contribution in [2.45, 2.75) is 145 Å². The van der Waals surface area contributed by atoms with Crippen LogP contribution in [-0.4, -0.2) is 125 Å². The van der Waals surface area contributed by atoms with E-state index < -0.39 is 98.7 Å². The Kier molecular flexibility index (Phi) is 11.9. The molecule has 340 valence electrons. The van der Waals surface area contributed by atoms with Crippen molar-refractivity contribution in [3.63, 3.8) is 0 Å². The van der Waals surface area contributed by atoms with E-state index in [4.69, 9.17) is 18.9 Å². The number of amides is 4. The van der Waals surface area contributed by atoms with Crippen LogP contribution in [0.1, 0.15) is 91.5 Å². The predicted octanol–water partition coefficient (Wildman–Crippen LogP) is 5.01. The second-order valence-corrected chi connectivity index (χ2v) is 20.0. The van der Waals surface area contributed by atoms with E-state index in [-0.39, 0.29) is 36.5 Å². The zero-order valence-corrected chi connectivity index (χ0v) is 36.4. The fourth-order valence-corrected chi connectivity index (χ4v) is 10.0. The van der Waals surface area contributed by atoms with Gasteiger partial charge in [0.1, 0.15) is 35.0 Å². The van der Waals surface area contributed by atoms with Gasteiger partial charge in [0.2, 0.25) is 33.6 Å². The summed E-state index contributed by atoms with van der Waals surface area (Å²) in [6.07, 6.45) is -4.59. The molecule has 62 heavy (non-hydrogen) atoms. The van der Waals surface area contributed by atoms with Gasteiger partial charge >= 0.3 is 12.3 Å². The van der Waals surface area contributed by atoms with E-state index in [9.17, 15) is 41.1 Å². The van der Waals surface area contributed by atoms with Crippen molar-refractivity contribution < 1.29 is 64.8 Å². The number of aryl methyl sites for hydroxylation is 1. The lowest BCUT2D eigenvalue weighted by Crippen LogP contribution is -2.68. The molecule has 7 atom stereocenters. The molecule has 7 rings (SSSR count). The first-order valence-corrected chi connectivity index (χ1v) is 22.5. The summed E-state index contributed by atoms with van der Waals surface area (Å²) >= 11 is 0. The van der Waals surface area contributed by atoms with Gasteiger partial charge in [0.05, 0.1) is 37.2 Å². The van der Waals surface area contributed by atoms with Gasteiger partial charge in [-0.15, -0.1) is 0 Å². The number of methoxy groups -OCH3 is 1. The monoisotopic (exact) mass is 893 g/mol. The normalized spacial score (nSPS) is 29.3. The fraction of sp³-hybridized carbons (Fsp3) is 0.643. The summed E-state index contributed by atoms with van der Waals surface area (Å²) in [5, 5.41) is 14.6. The van der Waals surface area contributed by atoms with Crippen LogP contribution in [0.4, 0.5) is 18.0 Å². The molecule has 3 fully saturated rings. The van der Waals surface area contributed by atoms with Gasteiger partial charge in [0.25, 0.3) is 5.91 Å². The minimum atomic E-state index is -5.16. The summed E-state index contributed by atoms with van der Waals surface area (Å²) in [7, 11) is -2.63. The number of allylic oxidation sites excluding steroid dienone is 1. The summed E-state index contributed by atoms with van der Waals surface area (Å²) in [5.74, 6) is -2.75. The minimum Gasteiger partial charge on any atom is -0.497 e. The average molecular weight is 894 g/mol. The van der Waals surface area contributed by atoms with Crippen LogP contribution < -0.4 is 24.2 Å². The highest BCUT2D eigenvalue weighted by molar-refractivity contribution is 7.91. The maximum absolute atomic E-state index is 15.2. The predicted molar refractivity (Wildman–Crippen MR) is 217 cm³/mol. The first-order valence-electron chi connectivity index (χ1n) is 21.0. The third kappa shape index (κ3) is 8.23. The highest BCUT2D eigenvalue weighted by Gasteiger charge is 2.64. The molecule has 0 unspecified atom stereocenters. The fourth-order valence-electron chi connectivity index (χ4n) is 8.69. The molecular weight excluding hydrogens is 840 g/mol. The number of nitrogens with zero attached hydrogens (tertiary/aromatic N) is 3. The summed E-state index contributed by atoms with van der Waals surface area (Å²) in [6, 6.07) is 1.58. The van der Waals surface area contributed by atoms with Crippen molar-refractivity contribution in [2.75, 3.05) is 20.3 Å². The second-order valence-electron chi connectivity index (χ2n) is 17.8. The third-order valence-corrected chi connectivity index (χ3v) is 15.2. The van der Waals surface area contributed by atoms with E-state index in [0.717, 1.165) is 22.3 Å². The van der Waals surface area contributed by atoms with Gasteiger partial charge in [0, 0.05) is 23.3 Å². The number of fused-ring (bicyclic) bond motifs is 5. The van der Waals surface area contributed by atoms with Crippen molar-refractivity contribution >= 4 is 44.6 Å². The molecule has 2 aromatic rings. The van der Waals surface area contributed by atoms with E-state index in [0.29, 0.717) is 63.2 Å². The maximum atomic E-state index is 15.2. The lowest BCUT2D eigenvalue weighted by molar-refractivity contribution is -0.226. The van der Waals surface area contributed by atoms with Crippen LogP contribution in [0.15, 0.2) is 30.4 Å². The number of pyridine rings is 1. The number of alkyl halides is 3. The Morgan fingerprint density at radius 2 is 1.90 bits per heavy atom. The molecule has 20 heteroatoms. The Morgan fingerprint density at radius 3 is 2.55 bits per heavy atom. The Morgan fingerprint density at radius 1 is 1.18 bits per heavy atom. The molecule has 3 aliphatic heterocycles. The van der Waals surface area contributed by atoms with Crippen LogP contribution >= 0.6 is 0 Å². The van der Waals surface area contributed by atoms with E-state index in [2.05, 4.69) is 15.0 Å². The Hall–Kier alpha value is -4.85. The molecule has 2 aliphatic carbocycles. The zero-order valence-electron chi connectivity index (χ0n) is 35.5. The van der Waals surface area contributed by atoms with Gasteiger partial charge in [-0.2, -0.15) is 18.2 Å². The molecule has 3 N–H and O–H groups in total. The van der Waals surface area contributed by atoms with Gasteiger partial charge < -0.3 is 34.3 Å². The average Bonchev–Trinajstić information content (AvgIpc) is 4.09. The Bertz CT molecular complexity index is 2270. The number of aromatic nitrogens is 1. The van der Waals surface area contributed by atoms with Gasteiger partial charge in [-0.1, -0.05) is 19.1 Å². The van der Waals surface area contributed by atoms with Crippen molar-refractivity contribution in [3.8, 4) is 17.5 Å². The molecule has 0 bridgehead atoms. The number of ether oxygens (including phenoxy) is 4. The van der Waals surface area contributed by atoms with Crippen LogP contribution in [0.25, 0.3) is 10.8 Å². The van der Waals surface area contributed by atoms with Crippen molar-refractivity contribution in [3.05, 3.63) is 35.9 Å². The number of carbonyl (C=O) groups excluding carboxylic acids is 3. The van der Waals surface area contributed by atoms with Crippen LogP contribution in [0, 0.1) is 5.92 Å². The van der Waals surface area contributed by atoms with Crippen molar-refractivity contribution in [1.82, 2.24) is 24.8 Å². The summed E-state index contributed by atoms with van der Waals surface area (Å²) in [5.41, 5.74) is -4.06. The molecule has 5 aliphatic rings. The zero-order chi connectivity index (χ0) is 45.2. The number of hydrogen-bond acceptors (Lipinski definition) is 11. The van der Waals surface area contributed by atoms with Crippen LogP contribution in [0.3, 0.4) is 0 Å². The van der Waals surface area contributed by atoms with Crippen LogP contribution in [0.5, 0.6) is 17.5 Å². The largest absolute Gasteiger partial charge is 0.497 e. The molecule has 4 heterocycles. The third-order valence-electron chi connectivity index (χ3n) is 13.1. The van der Waals surface area contributed by atoms with Crippen LogP contribution in [0.2, 0.25) is 0 Å². The number of sulfonamides is 1. The highest BCUT2D eigenvalue weighted by atomic mass is 32.2. The van der Waals surface area contributed by atoms with Crippen LogP contribution in [-0.2, 0) is 35.6 Å². The SMILES string of the molecule is CC[C@@H]1O[C@H](C)CC/C=C\[C@@H]2C[C@@]2(C(=O)NS(=O)(=O)C2(C)CC2)NC(=O)[C@@H]2C[C@@H](Oc3nc4c(c5cc(OC)ccc35)CCCO4)CN2C(=O)[C@H]1N(C(=O)O)C(C)(C)C(F)(F)F. The number of hydrogen-bond donors (Lipinski definition) is 3. The van der Waals surface area contributed by atoms with Gasteiger partial charge in [-0.05, 0) is 103 Å². The van der Waals surface area contributed by atoms with Crippen molar-refractivity contribution in [2.24, 2.45) is 5.92 Å². The maximum Gasteiger partial charge on any atom is 0.411 e. The highest BCUT2D eigenvalue weighted by Crippen LogP contribution is 2.48. The van der Waals surface area contributed by atoms with Gasteiger partial charge in [0.15, 0.2) is 0 Å². The Labute approximate surface area is 357 Å². The van der Waals surface area contributed by atoms with Crippen molar-refractivity contribution in [1.29, 1.82) is 0 Å². The number of nitrogens with one attached hydrogen (secondary N) is 2. The number of halogens is 3. The van der Waals surface area contributed by atoms with Gasteiger partial charge in [-0.3, -0.25) is 24.0 Å². The molecule has 2 saturated carbocycles. The first kappa shape index (κ1) is 45.2. The smallest absolute Gasteiger partial charge is 0.411 e. The molecule has 1 aromatic heterocycles. The number of benzene rings is 1. The number of carboxylic acid groups (broad SMARTS) is 1. The summed E-state index contributed by atoms with van der Waals surface area (Å²) in [6.45, 7) is 5.99. The summed E-state index contributed by atoms with van der Waals surface area (Å²) in [4.78, 5) is 62.7. The Balaban J connectivity index is 1.32. The van der Waals surface area contributed by atoms with E-state index >= 15 is 4.79 Å². The lowest BCUT2D eigenvalue weighted by atomic mass is 9.95. The molecule has 1 saturated heterocycles. The molecule has 0 radical (unpaired) electrons. The number of carbonyl (C=O) groups is 4. The molecular formula is C42H54F3N5O11S. The quantitative estimate of drug-likeness (QED) is 0.285. The molecule has 16 nitrogen and oxygen atoms in total. The molecule has 1 aromatic carbocycles. The minimum absolute atomic E-state index is 0.0154. The number of rotatable bonds is 9. The standard InChI is InChI=1S/C42H54F3N5O11S/c1-7-31-32(50(38(54)55)39(3,4)42(43,44)45)36(52)49-22-26(61-35-28-15-14-25(58-6)19-29(28)27-13-10-18-59-34(27)46-35)20-30(49)33(51)47-41(21-24(41)12-9-8-11-23(2)60-31)37(53)48-62(56,57)40(5)16-17-40/h9,12,14-15,19,23-24,26,30-32H,7-8,10-11,13,16-18,20-22H2,1-6H3,(H,47,51)(H,48,53)(H,54,55)/b12-9-/t23-,24-,26-,30+,31+,32+,41-/m1/s1. The van der Waals surface area contributed by atoms with E-state index in [1.807, 2.05) is 0 Å². The molecule has 4 amide bonds. The first-order chi connectivity index (χ1) is 29.1. The summed E-state index contributed by atoms with van der Waals surface area (Å²) < 4.78 is 96.2. The van der Waals surface area contributed by atoms with E-state index in [1.165, 1.54) is 14.0 Å². The van der Waals surface area contributed by atoms with Gasteiger partial charge in [-0.25, -0.2) is 13.2 Å². The second kappa shape index (κ2) is 16.4. The molecule has 0 spiro atoms. The lowest BCUT2D eigenvalue weighted by Gasteiger charge is -2.45. The topological polar surface area (TPSA) is 203 Å².